The van der Waals surface area contributed by atoms with Crippen LogP contribution < -0.4 is 5.32 Å². The van der Waals surface area contributed by atoms with Crippen molar-refractivity contribution in [2.24, 2.45) is 0 Å². The maximum absolute atomic E-state index is 10.2. The molecule has 1 aromatic rings. The smallest absolute Gasteiger partial charge is 0.0991 e. The summed E-state index contributed by atoms with van der Waals surface area (Å²) >= 11 is 0. The molecule has 1 aromatic carbocycles. The van der Waals surface area contributed by atoms with Crippen molar-refractivity contribution in [2.45, 2.75) is 63.3 Å². The van der Waals surface area contributed by atoms with Gasteiger partial charge in [-0.25, -0.2) is 0 Å². The highest BCUT2D eigenvalue weighted by Gasteiger charge is 2.31. The van der Waals surface area contributed by atoms with Gasteiger partial charge < -0.3 is 10.4 Å². The van der Waals surface area contributed by atoms with E-state index in [4.69, 9.17) is 5.26 Å². The Labute approximate surface area is 139 Å². The second kappa shape index (κ2) is 7.92. The number of hydrogen-bond acceptors (Lipinski definition) is 4. The van der Waals surface area contributed by atoms with Crippen LogP contribution in [0, 0.1) is 11.3 Å². The van der Waals surface area contributed by atoms with E-state index in [0.29, 0.717) is 12.1 Å². The third kappa shape index (κ3) is 4.32. The van der Waals surface area contributed by atoms with Crippen molar-refractivity contribution in [3.05, 3.63) is 35.4 Å². The summed E-state index contributed by atoms with van der Waals surface area (Å²) in [4.78, 5) is 2.50. The van der Waals surface area contributed by atoms with Crippen LogP contribution in [0.5, 0.6) is 0 Å². The predicted molar refractivity (Wildman–Crippen MR) is 90.9 cm³/mol. The molecule has 4 heteroatoms. The number of hydrogen-bond donors (Lipinski definition) is 2. The number of piperidine rings is 1. The van der Waals surface area contributed by atoms with Gasteiger partial charge in [-0.15, -0.1) is 0 Å². The van der Waals surface area contributed by atoms with Crippen LogP contribution in [-0.2, 0) is 6.54 Å². The van der Waals surface area contributed by atoms with Crippen LogP contribution in [0.25, 0.3) is 0 Å². The second-order valence-electron chi connectivity index (χ2n) is 6.92. The van der Waals surface area contributed by atoms with Crippen LogP contribution in [0.1, 0.15) is 49.7 Å². The fourth-order valence-corrected chi connectivity index (χ4v) is 3.97. The number of nitrogens with one attached hydrogen (secondary N) is 1. The summed E-state index contributed by atoms with van der Waals surface area (Å²) in [5, 5.41) is 22.8. The molecule has 2 aliphatic rings. The van der Waals surface area contributed by atoms with E-state index in [9.17, 15) is 5.11 Å². The third-order valence-corrected chi connectivity index (χ3v) is 5.34. The number of likely N-dealkylation sites (tertiary alicyclic amines) is 1. The highest BCUT2D eigenvalue weighted by Crippen LogP contribution is 2.26. The molecule has 0 spiro atoms. The number of aliphatic hydroxyl groups is 1. The molecule has 1 saturated heterocycles. The van der Waals surface area contributed by atoms with Crippen LogP contribution in [0.4, 0.5) is 0 Å². The second-order valence-corrected chi connectivity index (χ2v) is 6.92. The molecule has 2 unspecified atom stereocenters. The minimum Gasteiger partial charge on any atom is -0.391 e. The molecule has 2 fully saturated rings. The monoisotopic (exact) mass is 313 g/mol. The molecule has 124 valence electrons. The minimum absolute atomic E-state index is 0.123. The average molecular weight is 313 g/mol. The molecule has 1 saturated carbocycles. The molecular weight excluding hydrogens is 286 g/mol. The first-order chi connectivity index (χ1) is 11.3. The van der Waals surface area contributed by atoms with Gasteiger partial charge in [0.25, 0.3) is 0 Å². The Kier molecular flexibility index (Phi) is 5.66. The highest BCUT2D eigenvalue weighted by atomic mass is 16.3. The maximum atomic E-state index is 10.2. The van der Waals surface area contributed by atoms with Gasteiger partial charge in [-0.1, -0.05) is 25.0 Å². The van der Waals surface area contributed by atoms with E-state index >= 15 is 0 Å². The highest BCUT2D eigenvalue weighted by molar-refractivity contribution is 5.32. The predicted octanol–water partition coefficient (Wildman–Crippen LogP) is 2.42. The molecule has 1 aliphatic heterocycles. The van der Waals surface area contributed by atoms with Crippen molar-refractivity contribution in [2.75, 3.05) is 13.1 Å². The van der Waals surface area contributed by atoms with E-state index in [1.165, 1.54) is 18.4 Å². The van der Waals surface area contributed by atoms with E-state index in [1.54, 1.807) is 0 Å². The summed E-state index contributed by atoms with van der Waals surface area (Å²) in [7, 11) is 0. The first-order valence-corrected chi connectivity index (χ1v) is 8.91. The van der Waals surface area contributed by atoms with Crippen LogP contribution in [0.2, 0.25) is 0 Å². The molecule has 1 heterocycles. The summed E-state index contributed by atoms with van der Waals surface area (Å²) < 4.78 is 0. The number of nitrogens with zero attached hydrogens (tertiary/aromatic N) is 2. The standard InChI is InChI=1S/C19H27N3O/c20-13-15-4-3-5-16(12-15)14-21-17-8-10-22(11-9-17)18-6-1-2-7-19(18)23/h3-5,12,17-19,21,23H,1-2,6-11,14H2. The van der Waals surface area contributed by atoms with Crippen LogP contribution in [0.15, 0.2) is 24.3 Å². The molecule has 0 radical (unpaired) electrons. The van der Waals surface area contributed by atoms with Crippen LogP contribution in [0.3, 0.4) is 0 Å². The molecule has 2 atom stereocenters. The minimum atomic E-state index is -0.123. The topological polar surface area (TPSA) is 59.3 Å². The zero-order valence-corrected chi connectivity index (χ0v) is 13.7. The Balaban J connectivity index is 1.45. The molecule has 0 amide bonds. The normalized spacial score (nSPS) is 26.8. The van der Waals surface area contributed by atoms with Gasteiger partial charge in [-0.3, -0.25) is 4.90 Å². The lowest BCUT2D eigenvalue weighted by atomic mass is 9.89. The summed E-state index contributed by atoms with van der Waals surface area (Å²) in [5.41, 5.74) is 1.90. The number of benzene rings is 1. The summed E-state index contributed by atoms with van der Waals surface area (Å²) in [6.45, 7) is 2.99. The summed E-state index contributed by atoms with van der Waals surface area (Å²) in [6, 6.07) is 10.9. The molecule has 4 nitrogen and oxygen atoms in total. The molecule has 23 heavy (non-hydrogen) atoms. The first-order valence-electron chi connectivity index (χ1n) is 8.91. The average Bonchev–Trinajstić information content (AvgIpc) is 2.61. The third-order valence-electron chi connectivity index (χ3n) is 5.34. The van der Waals surface area contributed by atoms with E-state index in [-0.39, 0.29) is 6.10 Å². The fraction of sp³-hybridized carbons (Fsp3) is 0.632. The van der Waals surface area contributed by atoms with Gasteiger partial charge >= 0.3 is 0 Å². The Hall–Kier alpha value is -1.41. The lowest BCUT2D eigenvalue weighted by molar-refractivity contribution is 0.00714. The van der Waals surface area contributed by atoms with Gasteiger partial charge in [0.05, 0.1) is 17.7 Å². The quantitative estimate of drug-likeness (QED) is 0.896. The largest absolute Gasteiger partial charge is 0.391 e. The molecular formula is C19H27N3O. The van der Waals surface area contributed by atoms with Crippen molar-refractivity contribution in [1.29, 1.82) is 5.26 Å². The van der Waals surface area contributed by atoms with Gasteiger partial charge in [0.15, 0.2) is 0 Å². The Bertz CT molecular complexity index is 546. The Morgan fingerprint density at radius 3 is 2.70 bits per heavy atom. The lowest BCUT2D eigenvalue weighted by Gasteiger charge is -2.41. The SMILES string of the molecule is N#Cc1cccc(CNC2CCN(C3CCCCC3O)CC2)c1. The van der Waals surface area contributed by atoms with E-state index in [0.717, 1.165) is 50.9 Å². The van der Waals surface area contributed by atoms with Crippen molar-refractivity contribution in [3.8, 4) is 6.07 Å². The van der Waals surface area contributed by atoms with Gasteiger partial charge in [0.1, 0.15) is 0 Å². The number of rotatable bonds is 4. The zero-order chi connectivity index (χ0) is 16.1. The first kappa shape index (κ1) is 16.4. The molecule has 0 aromatic heterocycles. The van der Waals surface area contributed by atoms with E-state index < -0.39 is 0 Å². The van der Waals surface area contributed by atoms with Gasteiger partial charge in [-0.2, -0.15) is 5.26 Å². The Morgan fingerprint density at radius 2 is 1.96 bits per heavy atom. The van der Waals surface area contributed by atoms with Gasteiger partial charge in [0, 0.05) is 31.7 Å². The van der Waals surface area contributed by atoms with Crippen LogP contribution >= 0.6 is 0 Å². The molecule has 1 aliphatic carbocycles. The van der Waals surface area contributed by atoms with Gasteiger partial charge in [-0.05, 0) is 43.4 Å². The summed E-state index contributed by atoms with van der Waals surface area (Å²) in [6.07, 6.45) is 6.72. The molecule has 3 rings (SSSR count). The van der Waals surface area contributed by atoms with Crippen LogP contribution in [-0.4, -0.2) is 41.3 Å². The van der Waals surface area contributed by atoms with E-state index in [2.05, 4.69) is 22.4 Å². The summed E-state index contributed by atoms with van der Waals surface area (Å²) in [5.74, 6) is 0. The molecule has 2 N–H and O–H groups in total. The van der Waals surface area contributed by atoms with Gasteiger partial charge in [0.2, 0.25) is 0 Å². The van der Waals surface area contributed by atoms with Crippen molar-refractivity contribution in [1.82, 2.24) is 10.2 Å². The Morgan fingerprint density at radius 1 is 1.17 bits per heavy atom. The van der Waals surface area contributed by atoms with Crippen molar-refractivity contribution < 1.29 is 5.11 Å². The fourth-order valence-electron chi connectivity index (χ4n) is 3.97. The molecule has 0 bridgehead atoms. The maximum Gasteiger partial charge on any atom is 0.0991 e. The zero-order valence-electron chi connectivity index (χ0n) is 13.7. The number of nitriles is 1. The number of aliphatic hydroxyl groups excluding tert-OH is 1. The lowest BCUT2D eigenvalue weighted by Crippen LogP contribution is -2.51. The van der Waals surface area contributed by atoms with Crippen molar-refractivity contribution >= 4 is 0 Å². The van der Waals surface area contributed by atoms with Crippen molar-refractivity contribution in [3.63, 3.8) is 0 Å². The van der Waals surface area contributed by atoms with E-state index in [1.807, 2.05) is 18.2 Å².